The number of hydrogen-bond acceptors (Lipinski definition) is 3. The summed E-state index contributed by atoms with van der Waals surface area (Å²) in [6.45, 7) is 0. The summed E-state index contributed by atoms with van der Waals surface area (Å²) >= 11 is 1.52. The van der Waals surface area contributed by atoms with Gasteiger partial charge in [0.25, 0.3) is 0 Å². The number of carbonyl (C=O) groups is 2. The molecule has 1 aliphatic rings. The average molecular weight is 356 g/mol. The van der Waals surface area contributed by atoms with E-state index in [2.05, 4.69) is 5.32 Å². The van der Waals surface area contributed by atoms with E-state index in [0.717, 1.165) is 4.88 Å². The lowest BCUT2D eigenvalue weighted by Gasteiger charge is -2.25. The van der Waals surface area contributed by atoms with Crippen LogP contribution in [-0.2, 0) is 4.79 Å². The van der Waals surface area contributed by atoms with Crippen LogP contribution in [0.5, 0.6) is 0 Å². The molecule has 0 spiro atoms. The molecule has 3 aromatic rings. The van der Waals surface area contributed by atoms with Gasteiger partial charge < -0.3 is 15.0 Å². The van der Waals surface area contributed by atoms with Gasteiger partial charge in [0.15, 0.2) is 0 Å². The van der Waals surface area contributed by atoms with Crippen LogP contribution in [0.4, 0.5) is 10.1 Å². The normalized spacial score (nSPS) is 16.4. The molecule has 5 nitrogen and oxygen atoms in total. The molecule has 0 aliphatic carbocycles. The number of nitrogens with one attached hydrogen (secondary N) is 1. The second-order valence-electron chi connectivity index (χ2n) is 5.77. The summed E-state index contributed by atoms with van der Waals surface area (Å²) in [5.41, 5.74) is 1.68. The highest BCUT2D eigenvalue weighted by Crippen LogP contribution is 2.42. The number of nitrogens with zero attached hydrogens (tertiary/aromatic N) is 1. The van der Waals surface area contributed by atoms with Gasteiger partial charge >= 0.3 is 5.97 Å². The Labute approximate surface area is 146 Å². The SMILES string of the molecule is O=C1CC(c2cccs2)c2c(c(C(=O)O)cn2-c2ccc(F)cc2)N1. The number of fused-ring (bicyclic) bond motifs is 1. The Morgan fingerprint density at radius 2 is 2.04 bits per heavy atom. The monoisotopic (exact) mass is 356 g/mol. The van der Waals surface area contributed by atoms with Gasteiger partial charge in [0.1, 0.15) is 11.4 Å². The van der Waals surface area contributed by atoms with Crippen LogP contribution >= 0.6 is 11.3 Å². The Morgan fingerprint density at radius 3 is 2.68 bits per heavy atom. The van der Waals surface area contributed by atoms with Gasteiger partial charge in [-0.3, -0.25) is 4.79 Å². The molecule has 0 bridgehead atoms. The zero-order valence-corrected chi connectivity index (χ0v) is 13.7. The van der Waals surface area contributed by atoms with Crippen molar-refractivity contribution in [2.75, 3.05) is 5.32 Å². The number of hydrogen-bond donors (Lipinski definition) is 2. The standard InChI is InChI=1S/C18H13FN2O3S/c19-10-3-5-11(6-4-10)21-9-13(18(23)24)16-17(21)12(8-15(22)20-16)14-2-1-7-25-14/h1-7,9,12H,8H2,(H,20,22)(H,23,24). The molecule has 0 saturated carbocycles. The first kappa shape index (κ1) is 15.6. The highest BCUT2D eigenvalue weighted by atomic mass is 32.1. The van der Waals surface area contributed by atoms with Crippen molar-refractivity contribution in [3.63, 3.8) is 0 Å². The number of rotatable bonds is 3. The molecule has 2 aromatic heterocycles. The highest BCUT2D eigenvalue weighted by molar-refractivity contribution is 7.10. The van der Waals surface area contributed by atoms with Crippen molar-refractivity contribution < 1.29 is 19.1 Å². The van der Waals surface area contributed by atoms with Crippen molar-refractivity contribution in [3.8, 4) is 5.69 Å². The predicted octanol–water partition coefficient (Wildman–Crippen LogP) is 3.85. The molecule has 1 aliphatic heterocycles. The Morgan fingerprint density at radius 1 is 1.28 bits per heavy atom. The molecular weight excluding hydrogens is 343 g/mol. The van der Waals surface area contributed by atoms with Crippen molar-refractivity contribution in [3.05, 3.63) is 69.9 Å². The van der Waals surface area contributed by atoms with E-state index in [-0.39, 0.29) is 29.6 Å². The van der Waals surface area contributed by atoms with Gasteiger partial charge in [0.2, 0.25) is 5.91 Å². The van der Waals surface area contributed by atoms with Crippen LogP contribution in [0.25, 0.3) is 5.69 Å². The van der Waals surface area contributed by atoms with E-state index in [0.29, 0.717) is 17.1 Å². The van der Waals surface area contributed by atoms with Crippen molar-refractivity contribution in [1.29, 1.82) is 0 Å². The predicted molar refractivity (Wildman–Crippen MR) is 92.1 cm³/mol. The van der Waals surface area contributed by atoms with Crippen molar-refractivity contribution in [1.82, 2.24) is 4.57 Å². The van der Waals surface area contributed by atoms with Crippen molar-refractivity contribution in [2.45, 2.75) is 12.3 Å². The molecule has 4 rings (SSSR count). The van der Waals surface area contributed by atoms with Crippen LogP contribution in [0, 0.1) is 5.82 Å². The Bertz CT molecular complexity index is 961. The molecule has 0 radical (unpaired) electrons. The molecule has 25 heavy (non-hydrogen) atoms. The molecule has 1 atom stereocenters. The number of anilines is 1. The minimum atomic E-state index is -1.12. The minimum absolute atomic E-state index is 0.0222. The van der Waals surface area contributed by atoms with Gasteiger partial charge in [0.05, 0.1) is 11.4 Å². The number of halogens is 1. The quantitative estimate of drug-likeness (QED) is 0.749. The maximum atomic E-state index is 13.3. The summed E-state index contributed by atoms with van der Waals surface area (Å²) in [6.07, 6.45) is 1.71. The van der Waals surface area contributed by atoms with Gasteiger partial charge in [0, 0.05) is 29.1 Å². The molecule has 126 valence electrons. The van der Waals surface area contributed by atoms with Gasteiger partial charge in [-0.15, -0.1) is 11.3 Å². The fourth-order valence-electron chi connectivity index (χ4n) is 3.17. The third-order valence-corrected chi connectivity index (χ3v) is 5.24. The zero-order valence-electron chi connectivity index (χ0n) is 12.9. The summed E-state index contributed by atoms with van der Waals surface area (Å²) in [4.78, 5) is 24.8. The van der Waals surface area contributed by atoms with Crippen LogP contribution in [0.1, 0.15) is 33.3 Å². The van der Waals surface area contributed by atoms with E-state index in [9.17, 15) is 19.1 Å². The summed E-state index contributed by atoms with van der Waals surface area (Å²) in [5, 5.41) is 14.1. The minimum Gasteiger partial charge on any atom is -0.478 e. The number of amides is 1. The molecule has 7 heteroatoms. The number of aromatic carboxylic acids is 1. The Kier molecular flexibility index (Phi) is 3.65. The molecular formula is C18H13FN2O3S. The molecule has 1 aromatic carbocycles. The summed E-state index contributed by atoms with van der Waals surface area (Å²) in [5.74, 6) is -1.96. The summed E-state index contributed by atoms with van der Waals surface area (Å²) in [6, 6.07) is 9.65. The van der Waals surface area contributed by atoms with Crippen LogP contribution in [-0.4, -0.2) is 21.6 Å². The number of benzene rings is 1. The van der Waals surface area contributed by atoms with Gasteiger partial charge in [-0.05, 0) is 35.7 Å². The van der Waals surface area contributed by atoms with Crippen LogP contribution in [0.2, 0.25) is 0 Å². The second-order valence-corrected chi connectivity index (χ2v) is 6.75. The molecule has 2 N–H and O–H groups in total. The number of carboxylic acids is 1. The third-order valence-electron chi connectivity index (χ3n) is 4.25. The first-order valence-corrected chi connectivity index (χ1v) is 8.50. The Balaban J connectivity index is 1.97. The van der Waals surface area contributed by atoms with Crippen molar-refractivity contribution >= 4 is 28.9 Å². The number of carboxylic acid groups (broad SMARTS) is 1. The molecule has 0 fully saturated rings. The first-order valence-electron chi connectivity index (χ1n) is 7.62. The average Bonchev–Trinajstić information content (AvgIpc) is 3.22. The first-order chi connectivity index (χ1) is 12.0. The fourth-order valence-corrected chi connectivity index (χ4v) is 4.00. The largest absolute Gasteiger partial charge is 0.478 e. The molecule has 3 heterocycles. The maximum Gasteiger partial charge on any atom is 0.339 e. The van der Waals surface area contributed by atoms with E-state index in [1.54, 1.807) is 16.7 Å². The van der Waals surface area contributed by atoms with Gasteiger partial charge in [-0.2, -0.15) is 0 Å². The van der Waals surface area contributed by atoms with E-state index in [4.69, 9.17) is 0 Å². The van der Waals surface area contributed by atoms with Gasteiger partial charge in [-0.25, -0.2) is 9.18 Å². The third kappa shape index (κ3) is 2.62. The van der Waals surface area contributed by atoms with Crippen LogP contribution < -0.4 is 5.32 Å². The lowest BCUT2D eigenvalue weighted by molar-refractivity contribution is -0.116. The molecule has 0 saturated heterocycles. The molecule has 1 amide bonds. The van der Waals surface area contributed by atoms with Gasteiger partial charge in [-0.1, -0.05) is 6.07 Å². The maximum absolute atomic E-state index is 13.3. The Hall–Kier alpha value is -2.93. The zero-order chi connectivity index (χ0) is 17.6. The summed E-state index contributed by atoms with van der Waals surface area (Å²) in [7, 11) is 0. The lowest BCUT2D eigenvalue weighted by atomic mass is 9.93. The van der Waals surface area contributed by atoms with Crippen molar-refractivity contribution in [2.24, 2.45) is 0 Å². The fraction of sp³-hybridized carbons (Fsp3) is 0.111. The summed E-state index contributed by atoms with van der Waals surface area (Å²) < 4.78 is 15.0. The number of aromatic nitrogens is 1. The van der Waals surface area contributed by atoms with E-state index in [1.807, 2.05) is 17.5 Å². The number of thiophene rings is 1. The van der Waals surface area contributed by atoms with E-state index in [1.165, 1.54) is 29.7 Å². The second kappa shape index (κ2) is 5.86. The van der Waals surface area contributed by atoms with E-state index < -0.39 is 5.97 Å². The van der Waals surface area contributed by atoms with Crippen LogP contribution in [0.3, 0.4) is 0 Å². The topological polar surface area (TPSA) is 71.3 Å². The smallest absolute Gasteiger partial charge is 0.339 e. The highest BCUT2D eigenvalue weighted by Gasteiger charge is 2.34. The van der Waals surface area contributed by atoms with Crippen LogP contribution in [0.15, 0.2) is 48.0 Å². The number of carbonyl (C=O) groups excluding carboxylic acids is 1. The van der Waals surface area contributed by atoms with E-state index >= 15 is 0 Å². The lowest BCUT2D eigenvalue weighted by Crippen LogP contribution is -2.25. The molecule has 1 unspecified atom stereocenters.